The zero-order valence-corrected chi connectivity index (χ0v) is 11.9. The zero-order chi connectivity index (χ0) is 13.2. The Morgan fingerprint density at radius 3 is 1.62 bits per heavy atom. The molecule has 0 heterocycles. The first-order valence-electron chi connectivity index (χ1n) is 5.73. The van der Waals surface area contributed by atoms with Crippen LogP contribution in [-0.2, 0) is 9.09 Å². The van der Waals surface area contributed by atoms with Gasteiger partial charge in [-0.3, -0.25) is 4.57 Å². The maximum absolute atomic E-state index is 11.4. The Morgan fingerprint density at radius 2 is 1.56 bits per heavy atom. The van der Waals surface area contributed by atoms with Crippen LogP contribution in [0.4, 0.5) is 4.20 Å². The number of rotatable bonds is 6. The monoisotopic (exact) mass is 257 g/mol. The highest BCUT2D eigenvalue weighted by Crippen LogP contribution is 2.37. The molecule has 4 nitrogen and oxygen atoms in total. The molecule has 0 aromatic heterocycles. The van der Waals surface area contributed by atoms with Crippen LogP contribution in [0.25, 0.3) is 0 Å². The van der Waals surface area contributed by atoms with E-state index in [0.717, 1.165) is 0 Å². The third kappa shape index (κ3) is 12.1. The summed E-state index contributed by atoms with van der Waals surface area (Å²) < 4.78 is 25.8. The van der Waals surface area contributed by atoms with Gasteiger partial charge in [0.15, 0.2) is 0 Å². The molecule has 0 aliphatic rings. The van der Waals surface area contributed by atoms with Crippen LogP contribution in [0.5, 0.6) is 0 Å². The van der Waals surface area contributed by atoms with Gasteiger partial charge in [-0.15, -0.1) is 0 Å². The minimum atomic E-state index is -4.93. The van der Waals surface area contributed by atoms with Crippen LogP contribution in [0, 0.1) is 0 Å². The second kappa shape index (κ2) is 9.11. The first-order valence-corrected chi connectivity index (χ1v) is 7.16. The molecule has 0 N–H and O–H groups in total. The van der Waals surface area contributed by atoms with Crippen molar-refractivity contribution in [1.29, 1.82) is 0 Å². The smallest absolute Gasteiger partial charge is 0.307 e. The highest BCUT2D eigenvalue weighted by atomic mass is 31.2. The van der Waals surface area contributed by atoms with Gasteiger partial charge in [-0.25, -0.2) is 0 Å². The number of hydrogen-bond acceptors (Lipinski definition) is 3. The molecule has 0 aromatic rings. The summed E-state index contributed by atoms with van der Waals surface area (Å²) in [6, 6.07) is 0. The lowest BCUT2D eigenvalue weighted by Gasteiger charge is -2.30. The Balaban J connectivity index is 0. The number of halogens is 1. The summed E-state index contributed by atoms with van der Waals surface area (Å²) in [5.74, 6) is 0. The molecule has 0 aliphatic carbocycles. The Hall–Kier alpha value is 0.0400. The van der Waals surface area contributed by atoms with Crippen molar-refractivity contribution in [2.24, 2.45) is 0 Å². The molecule has 100 valence electrons. The van der Waals surface area contributed by atoms with Crippen molar-refractivity contribution >= 4 is 7.91 Å². The summed E-state index contributed by atoms with van der Waals surface area (Å²) in [7, 11) is -2.64. The van der Waals surface area contributed by atoms with Gasteiger partial charge in [0.2, 0.25) is 0 Å². The van der Waals surface area contributed by atoms with E-state index in [1.807, 2.05) is 0 Å². The van der Waals surface area contributed by atoms with Crippen LogP contribution < -0.4 is 4.89 Å². The van der Waals surface area contributed by atoms with E-state index < -0.39 is 7.91 Å². The second-order valence-electron chi connectivity index (χ2n) is 3.83. The quantitative estimate of drug-likeness (QED) is 0.542. The maximum atomic E-state index is 11.4. The maximum Gasteiger partial charge on any atom is 0.307 e. The van der Waals surface area contributed by atoms with Gasteiger partial charge in [0, 0.05) is 0 Å². The van der Waals surface area contributed by atoms with Gasteiger partial charge < -0.3 is 13.9 Å². The van der Waals surface area contributed by atoms with Crippen molar-refractivity contribution in [1.82, 2.24) is 0 Å². The lowest BCUT2D eigenvalue weighted by Crippen LogP contribution is -2.42. The van der Waals surface area contributed by atoms with Crippen LogP contribution in [0.1, 0.15) is 34.1 Å². The molecular weight excluding hydrogens is 232 g/mol. The highest BCUT2D eigenvalue weighted by Gasteiger charge is 2.10. The molecule has 1 unspecified atom stereocenters. The van der Waals surface area contributed by atoms with E-state index in [0.29, 0.717) is 6.42 Å². The highest BCUT2D eigenvalue weighted by molar-refractivity contribution is 7.45. The molecule has 1 atom stereocenters. The minimum absolute atomic E-state index is 0.0721. The van der Waals surface area contributed by atoms with E-state index in [1.165, 1.54) is 24.1 Å². The zero-order valence-electron chi connectivity index (χ0n) is 11.0. The van der Waals surface area contributed by atoms with E-state index in [4.69, 9.17) is 0 Å². The summed E-state index contributed by atoms with van der Waals surface area (Å²) in [6.07, 6.45) is 0.496. The molecular formula is C10H25FNO3P. The van der Waals surface area contributed by atoms with E-state index in [9.17, 15) is 13.7 Å². The lowest BCUT2D eigenvalue weighted by molar-refractivity contribution is -0.904. The van der Waals surface area contributed by atoms with Gasteiger partial charge in [0.25, 0.3) is 0 Å². The van der Waals surface area contributed by atoms with Crippen LogP contribution in [0.2, 0.25) is 0 Å². The van der Waals surface area contributed by atoms with Crippen molar-refractivity contribution in [3.8, 4) is 0 Å². The summed E-state index contributed by atoms with van der Waals surface area (Å²) in [6.45, 7) is 12.1. The Morgan fingerprint density at radius 1 is 1.19 bits per heavy atom. The van der Waals surface area contributed by atoms with Crippen LogP contribution in [0.15, 0.2) is 0 Å². The molecule has 0 spiro atoms. The summed E-state index contributed by atoms with van der Waals surface area (Å²) in [5.41, 5.74) is 0. The number of nitrogens with zero attached hydrogens (tertiary/aromatic N) is 1. The fourth-order valence-electron chi connectivity index (χ4n) is 0.871. The SMILES string of the molecule is CCCOP(=O)([O-])F.CC[N+](C)(CC)CC. The van der Waals surface area contributed by atoms with Gasteiger partial charge >= 0.3 is 7.91 Å². The summed E-state index contributed by atoms with van der Waals surface area (Å²) in [4.78, 5) is 9.53. The number of hydrogen-bond donors (Lipinski definition) is 0. The van der Waals surface area contributed by atoms with Crippen molar-refractivity contribution in [3.05, 3.63) is 0 Å². The predicted molar refractivity (Wildman–Crippen MR) is 62.8 cm³/mol. The van der Waals surface area contributed by atoms with E-state index in [-0.39, 0.29) is 6.61 Å². The molecule has 0 aliphatic heterocycles. The number of quaternary nitrogens is 1. The molecule has 16 heavy (non-hydrogen) atoms. The predicted octanol–water partition coefficient (Wildman–Crippen LogP) is 2.34. The first-order chi connectivity index (χ1) is 7.24. The average Bonchev–Trinajstić information content (AvgIpc) is 2.25. The molecule has 0 aromatic carbocycles. The van der Waals surface area contributed by atoms with Gasteiger partial charge in [0.05, 0.1) is 33.3 Å². The van der Waals surface area contributed by atoms with Crippen molar-refractivity contribution in [3.63, 3.8) is 0 Å². The summed E-state index contributed by atoms with van der Waals surface area (Å²) in [5, 5.41) is 0. The fourth-order valence-corrected chi connectivity index (χ4v) is 1.27. The van der Waals surface area contributed by atoms with Gasteiger partial charge in [-0.05, 0) is 27.2 Å². The van der Waals surface area contributed by atoms with Gasteiger partial charge in [-0.2, -0.15) is 4.20 Å². The largest absolute Gasteiger partial charge is 0.753 e. The molecule has 0 bridgehead atoms. The third-order valence-corrected chi connectivity index (χ3v) is 3.23. The Bertz CT molecular complexity index is 196. The average molecular weight is 257 g/mol. The molecule has 0 fully saturated rings. The van der Waals surface area contributed by atoms with Crippen molar-refractivity contribution in [2.45, 2.75) is 34.1 Å². The minimum Gasteiger partial charge on any atom is -0.753 e. The van der Waals surface area contributed by atoms with Crippen molar-refractivity contribution < 1.29 is 22.7 Å². The fraction of sp³-hybridized carbons (Fsp3) is 1.00. The Labute approximate surface area is 98.7 Å². The van der Waals surface area contributed by atoms with Crippen LogP contribution >= 0.6 is 7.91 Å². The molecule has 6 heteroatoms. The molecule has 0 rings (SSSR count). The van der Waals surface area contributed by atoms with Crippen LogP contribution in [-0.4, -0.2) is 37.8 Å². The van der Waals surface area contributed by atoms with E-state index >= 15 is 0 Å². The van der Waals surface area contributed by atoms with Crippen molar-refractivity contribution in [2.75, 3.05) is 33.3 Å². The topological polar surface area (TPSA) is 49.4 Å². The molecule has 0 amide bonds. The van der Waals surface area contributed by atoms with E-state index in [2.05, 4.69) is 32.3 Å². The Kier molecular flexibility index (Phi) is 10.5. The summed E-state index contributed by atoms with van der Waals surface area (Å²) >= 11 is 0. The van der Waals surface area contributed by atoms with Crippen LogP contribution in [0.3, 0.4) is 0 Å². The van der Waals surface area contributed by atoms with Gasteiger partial charge in [-0.1, -0.05) is 6.92 Å². The van der Waals surface area contributed by atoms with Gasteiger partial charge in [0.1, 0.15) is 0 Å². The molecule has 0 saturated carbocycles. The third-order valence-electron chi connectivity index (χ3n) is 2.74. The standard InChI is InChI=1S/C7H18N.C3H8FO3P/c1-5-8(4,6-2)7-3;1-2-3-7-8(4,5)6/h5-7H2,1-4H3;2-3H2,1H3,(H,5,6)/q+1;/p-1. The lowest BCUT2D eigenvalue weighted by atomic mass is 10.4. The first kappa shape index (κ1) is 18.4. The molecule has 0 radical (unpaired) electrons. The normalized spacial score (nSPS) is 14.9. The van der Waals surface area contributed by atoms with E-state index in [1.54, 1.807) is 6.92 Å². The molecule has 0 saturated heterocycles. The second-order valence-corrected chi connectivity index (χ2v) is 4.95.